The lowest BCUT2D eigenvalue weighted by Gasteiger charge is -2.22. The highest BCUT2D eigenvalue weighted by Gasteiger charge is 2.30. The molecular weight excluding hydrogens is 721 g/mol. The maximum Gasteiger partial charge on any atom is 0.168 e. The molecule has 0 unspecified atom stereocenters. The lowest BCUT2D eigenvalue weighted by Crippen LogP contribution is -2.15. The number of nitrogens with zero attached hydrogens (tertiary/aromatic N) is 4. The minimum absolute atomic E-state index is 0.0659. The summed E-state index contributed by atoms with van der Waals surface area (Å²) in [6.45, 7) is 19.4. The van der Waals surface area contributed by atoms with Gasteiger partial charge in [-0.3, -0.25) is 9.59 Å². The lowest BCUT2D eigenvalue weighted by molar-refractivity contribution is 0.0962. The van der Waals surface area contributed by atoms with Gasteiger partial charge in [-0.2, -0.15) is 10.5 Å². The fraction of sp³-hybridized carbons (Fsp3) is 0.320. The molecule has 0 saturated heterocycles. The molecule has 0 N–H and O–H groups in total. The van der Waals surface area contributed by atoms with Gasteiger partial charge in [-0.15, -0.1) is 0 Å². The average molecular weight is 781 g/mol. The highest BCUT2D eigenvalue weighted by molar-refractivity contribution is 5.97. The van der Waals surface area contributed by atoms with Crippen LogP contribution in [0.3, 0.4) is 0 Å². The number of carbonyl (C=O) groups excluding carboxylic acids is 2. The van der Waals surface area contributed by atoms with Gasteiger partial charge in [0.2, 0.25) is 0 Å². The summed E-state index contributed by atoms with van der Waals surface area (Å²) >= 11 is 0. The lowest BCUT2D eigenvalue weighted by atomic mass is 9.78. The number of aromatic nitrogens is 2. The molecule has 4 atom stereocenters. The van der Waals surface area contributed by atoms with Gasteiger partial charge in [0.25, 0.3) is 0 Å². The molecule has 0 radical (unpaired) electrons. The van der Waals surface area contributed by atoms with Crippen molar-refractivity contribution in [1.29, 1.82) is 10.5 Å². The second-order valence-electron chi connectivity index (χ2n) is 11.9. The van der Waals surface area contributed by atoms with E-state index in [4.69, 9.17) is 9.05 Å². The maximum absolute atomic E-state index is 12.8. The number of nitriles is 2. The van der Waals surface area contributed by atoms with Crippen molar-refractivity contribution in [2.45, 2.75) is 106 Å². The summed E-state index contributed by atoms with van der Waals surface area (Å²) in [4.78, 5) is 25.5. The van der Waals surface area contributed by atoms with Crippen molar-refractivity contribution in [3.63, 3.8) is 0 Å². The number of rotatable bonds is 12. The molecule has 0 saturated carbocycles. The summed E-state index contributed by atoms with van der Waals surface area (Å²) in [5.74, 6) is -0.422. The van der Waals surface area contributed by atoms with E-state index < -0.39 is 11.8 Å². The van der Waals surface area contributed by atoms with E-state index in [0.717, 1.165) is 22.3 Å². The van der Waals surface area contributed by atoms with E-state index in [-0.39, 0.29) is 36.2 Å². The Bertz CT molecular complexity index is 1910. The van der Waals surface area contributed by atoms with Crippen LogP contribution in [0.1, 0.15) is 146 Å². The number of hydrogen-bond acceptors (Lipinski definition) is 8. The van der Waals surface area contributed by atoms with Crippen LogP contribution in [0.4, 0.5) is 0 Å². The molecule has 2 aromatic heterocycles. The number of hydrogen-bond donors (Lipinski definition) is 0. The first-order valence-corrected chi connectivity index (χ1v) is 20.3. The van der Waals surface area contributed by atoms with Crippen molar-refractivity contribution < 1.29 is 18.6 Å². The molecule has 0 aliphatic carbocycles. The van der Waals surface area contributed by atoms with Crippen molar-refractivity contribution in [3.05, 3.63) is 179 Å². The summed E-state index contributed by atoms with van der Waals surface area (Å²) in [6.07, 6.45) is 3.34. The third-order valence-corrected chi connectivity index (χ3v) is 8.77. The van der Waals surface area contributed by atoms with Crippen LogP contribution < -0.4 is 0 Å². The van der Waals surface area contributed by atoms with Crippen LogP contribution in [-0.2, 0) is 0 Å². The zero-order chi connectivity index (χ0) is 43.3. The Morgan fingerprint density at radius 1 is 0.483 bits per heavy atom. The van der Waals surface area contributed by atoms with E-state index >= 15 is 0 Å². The minimum Gasteiger partial charge on any atom is -0.361 e. The van der Waals surface area contributed by atoms with E-state index in [0.29, 0.717) is 22.6 Å². The van der Waals surface area contributed by atoms with Gasteiger partial charge in [-0.05, 0) is 36.1 Å². The van der Waals surface area contributed by atoms with Gasteiger partial charge in [0.05, 0.1) is 47.5 Å². The second-order valence-corrected chi connectivity index (χ2v) is 11.9. The Balaban J connectivity index is 0.000000495. The fourth-order valence-corrected chi connectivity index (χ4v) is 6.12. The van der Waals surface area contributed by atoms with E-state index in [9.17, 15) is 20.1 Å². The molecule has 6 aromatic rings. The van der Waals surface area contributed by atoms with Crippen molar-refractivity contribution in [2.24, 2.45) is 0 Å². The van der Waals surface area contributed by atoms with Gasteiger partial charge in [0.1, 0.15) is 11.5 Å². The Morgan fingerprint density at radius 2 is 0.741 bits per heavy atom. The molecule has 0 amide bonds. The largest absolute Gasteiger partial charge is 0.361 e. The van der Waals surface area contributed by atoms with Gasteiger partial charge in [-0.25, -0.2) is 0 Å². The van der Waals surface area contributed by atoms with Crippen molar-refractivity contribution in [3.8, 4) is 12.1 Å². The third-order valence-electron chi connectivity index (χ3n) is 8.77. The summed E-state index contributed by atoms with van der Waals surface area (Å²) in [6, 6.07) is 43.4. The smallest absolute Gasteiger partial charge is 0.168 e. The molecule has 8 heteroatoms. The van der Waals surface area contributed by atoms with Crippen LogP contribution in [-0.4, -0.2) is 21.9 Å². The van der Waals surface area contributed by atoms with Crippen molar-refractivity contribution in [1.82, 2.24) is 10.3 Å². The number of aryl methyl sites for hydroxylation is 2. The monoisotopic (exact) mass is 780 g/mol. The Hall–Kier alpha value is -6.38. The second kappa shape index (κ2) is 28.9. The first-order valence-electron chi connectivity index (χ1n) is 20.3. The van der Waals surface area contributed by atoms with E-state index in [1.165, 1.54) is 12.4 Å². The standard InChI is InChI=1S/2C21H18N2O2.4C2H6/c2*1-15-20(14-23-25-15)21(24)12-18(16-8-4-2-5-9-16)19(13-22)17-10-6-3-7-11-17;4*1-2/h2*2-11,14,18-19H,12H2,1H3;4*1-2H3/t2*18-,19-;;;;/m10..../s1. The predicted molar refractivity (Wildman–Crippen MR) is 234 cm³/mol. The van der Waals surface area contributed by atoms with Crippen LogP contribution in [0.25, 0.3) is 0 Å². The van der Waals surface area contributed by atoms with Gasteiger partial charge in [0, 0.05) is 24.7 Å². The molecule has 2 heterocycles. The summed E-state index contributed by atoms with van der Waals surface area (Å²) < 4.78 is 10.0. The van der Waals surface area contributed by atoms with Crippen LogP contribution >= 0.6 is 0 Å². The van der Waals surface area contributed by atoms with E-state index in [1.54, 1.807) is 13.8 Å². The SMILES string of the molecule is CC.CC.CC.CC.Cc1oncc1C(=O)C[C@@H](c1ccccc1)[C@@H](C#N)c1ccccc1.Cc1oncc1C(=O)C[C@H](c1ccccc1)[C@H](C#N)c1ccccc1. The molecule has 0 fully saturated rings. The molecule has 304 valence electrons. The van der Waals surface area contributed by atoms with Gasteiger partial charge >= 0.3 is 0 Å². The van der Waals surface area contributed by atoms with E-state index in [1.807, 2.05) is 177 Å². The number of benzene rings is 4. The van der Waals surface area contributed by atoms with Gasteiger partial charge in [0.15, 0.2) is 11.6 Å². The minimum atomic E-state index is -0.410. The summed E-state index contributed by atoms with van der Waals surface area (Å²) in [5, 5.41) is 27.0. The Kier molecular flexibility index (Phi) is 24.8. The number of ketones is 2. The molecule has 6 rings (SSSR count). The number of carbonyl (C=O) groups is 2. The quantitative estimate of drug-likeness (QED) is 0.112. The van der Waals surface area contributed by atoms with E-state index in [2.05, 4.69) is 22.5 Å². The topological polar surface area (TPSA) is 134 Å². The highest BCUT2D eigenvalue weighted by Crippen LogP contribution is 2.38. The summed E-state index contributed by atoms with van der Waals surface area (Å²) in [5.41, 5.74) is 4.72. The molecule has 0 spiro atoms. The van der Waals surface area contributed by atoms with Crippen LogP contribution in [0.5, 0.6) is 0 Å². The average Bonchev–Trinajstić information content (AvgIpc) is 3.95. The van der Waals surface area contributed by atoms with Crippen molar-refractivity contribution in [2.75, 3.05) is 0 Å². The Morgan fingerprint density at radius 3 is 0.966 bits per heavy atom. The normalized spacial score (nSPS) is 11.6. The zero-order valence-electron chi connectivity index (χ0n) is 35.8. The molecule has 0 bridgehead atoms. The maximum atomic E-state index is 12.8. The zero-order valence-corrected chi connectivity index (χ0v) is 35.8. The fourth-order valence-electron chi connectivity index (χ4n) is 6.12. The van der Waals surface area contributed by atoms with Crippen molar-refractivity contribution >= 4 is 11.6 Å². The molecule has 0 aliphatic heterocycles. The molecular formula is C50H60N4O4. The highest BCUT2D eigenvalue weighted by atomic mass is 16.5. The third kappa shape index (κ3) is 14.6. The number of Topliss-reactive ketones (excluding diaryl/α,β-unsaturated/α-hetero) is 2. The predicted octanol–water partition coefficient (Wildman–Crippen LogP) is 13.4. The van der Waals surface area contributed by atoms with Crippen LogP contribution in [0.15, 0.2) is 143 Å². The van der Waals surface area contributed by atoms with Gasteiger partial charge in [-0.1, -0.05) is 187 Å². The first-order chi connectivity index (χ1) is 28.4. The molecule has 8 nitrogen and oxygen atoms in total. The van der Waals surface area contributed by atoms with Crippen LogP contribution in [0.2, 0.25) is 0 Å². The molecule has 4 aromatic carbocycles. The first kappa shape index (κ1) is 49.6. The molecule has 0 aliphatic rings. The van der Waals surface area contributed by atoms with Crippen LogP contribution in [0, 0.1) is 36.5 Å². The molecule has 58 heavy (non-hydrogen) atoms. The Labute approximate surface area is 346 Å². The summed E-state index contributed by atoms with van der Waals surface area (Å²) in [7, 11) is 0. The van der Waals surface area contributed by atoms with Gasteiger partial charge < -0.3 is 9.05 Å².